The van der Waals surface area contributed by atoms with Crippen molar-refractivity contribution in [1.82, 2.24) is 0 Å². The smallest absolute Gasteiger partial charge is 0.416 e. The lowest BCUT2D eigenvalue weighted by atomic mass is 10.1. The fourth-order valence-electron chi connectivity index (χ4n) is 2.26. The summed E-state index contributed by atoms with van der Waals surface area (Å²) < 4.78 is 48.9. The third kappa shape index (κ3) is 4.56. The van der Waals surface area contributed by atoms with Gasteiger partial charge in [-0.15, -0.1) is 0 Å². The molecule has 0 amide bonds. The van der Waals surface area contributed by atoms with Gasteiger partial charge < -0.3 is 9.47 Å². The Hall–Kier alpha value is -2.05. The van der Waals surface area contributed by atoms with Gasteiger partial charge in [-0.25, -0.2) is 0 Å². The van der Waals surface area contributed by atoms with Gasteiger partial charge in [0.25, 0.3) is 0 Å². The molecule has 0 aliphatic carbocycles. The van der Waals surface area contributed by atoms with Gasteiger partial charge in [-0.2, -0.15) is 13.2 Å². The molecule has 0 radical (unpaired) electrons. The summed E-state index contributed by atoms with van der Waals surface area (Å²) >= 11 is 5.87. The molecule has 0 saturated carbocycles. The Morgan fingerprint density at radius 2 is 1.92 bits per heavy atom. The van der Waals surface area contributed by atoms with E-state index in [2.05, 4.69) is 9.24 Å². The van der Waals surface area contributed by atoms with E-state index in [0.29, 0.717) is 12.0 Å². The van der Waals surface area contributed by atoms with Gasteiger partial charge >= 0.3 is 11.9 Å². The third-order valence-corrected chi connectivity index (χ3v) is 3.88. The average Bonchev–Trinajstić information content (AvgIpc) is 2.55. The summed E-state index contributed by atoms with van der Waals surface area (Å²) in [6, 6.07) is 5.42. The Kier molecular flexibility index (Phi) is 6.31. The van der Waals surface area contributed by atoms with Gasteiger partial charge in [0.2, 0.25) is 5.75 Å². The van der Waals surface area contributed by atoms with Crippen LogP contribution in [0.5, 0.6) is 17.2 Å². The minimum Gasteiger partial charge on any atom is -0.483 e. The Labute approximate surface area is 154 Å². The van der Waals surface area contributed by atoms with Gasteiger partial charge in [0.15, 0.2) is 0 Å². The van der Waals surface area contributed by atoms with Gasteiger partial charge in [0.1, 0.15) is 17.8 Å². The van der Waals surface area contributed by atoms with Crippen LogP contribution in [-0.4, -0.2) is 11.3 Å². The molecule has 0 bridgehead atoms. The number of hydrogen-bond acceptors (Lipinski definition) is 4. The van der Waals surface area contributed by atoms with Gasteiger partial charge in [-0.1, -0.05) is 27.8 Å². The van der Waals surface area contributed by atoms with Crippen molar-refractivity contribution in [1.29, 1.82) is 0 Å². The van der Waals surface area contributed by atoms with Crippen LogP contribution >= 0.6 is 20.8 Å². The maximum atomic E-state index is 12.7. The maximum Gasteiger partial charge on any atom is 0.416 e. The molecule has 2 aromatic rings. The molecule has 0 fully saturated rings. The summed E-state index contributed by atoms with van der Waals surface area (Å²) in [5, 5.41) is 11.1. The summed E-state index contributed by atoms with van der Waals surface area (Å²) in [5.74, 6) is 0.164. The quantitative estimate of drug-likeness (QED) is 0.343. The topological polar surface area (TPSA) is 61.6 Å². The molecule has 1 atom stereocenters. The molecule has 0 aliphatic heterocycles. The Morgan fingerprint density at radius 1 is 1.23 bits per heavy atom. The van der Waals surface area contributed by atoms with Gasteiger partial charge in [-0.05, 0) is 30.7 Å². The molecule has 1 unspecified atom stereocenters. The highest BCUT2D eigenvalue weighted by atomic mass is 35.5. The molecular formula is C16H14ClF3NO4P. The number of ether oxygens (including phenoxy) is 2. The van der Waals surface area contributed by atoms with Crippen LogP contribution in [0.1, 0.15) is 18.1 Å². The number of nitrogens with zero attached hydrogens (tertiary/aromatic N) is 1. The van der Waals surface area contributed by atoms with Crippen LogP contribution in [0.2, 0.25) is 5.02 Å². The lowest BCUT2D eigenvalue weighted by molar-refractivity contribution is -0.386. The van der Waals surface area contributed by atoms with E-state index in [0.717, 1.165) is 18.2 Å². The first-order chi connectivity index (χ1) is 12.2. The number of rotatable bonds is 6. The zero-order valence-electron chi connectivity index (χ0n) is 13.5. The second kappa shape index (κ2) is 8.10. The summed E-state index contributed by atoms with van der Waals surface area (Å²) in [7, 11) is 2.28. The summed E-state index contributed by atoms with van der Waals surface area (Å²) in [4.78, 5) is 10.7. The molecule has 2 rings (SSSR count). The zero-order valence-corrected chi connectivity index (χ0v) is 15.4. The molecule has 0 heterocycles. The Morgan fingerprint density at radius 3 is 2.42 bits per heavy atom. The summed E-state index contributed by atoms with van der Waals surface area (Å²) in [6.07, 6.45) is -4.07. The lowest BCUT2D eigenvalue weighted by Crippen LogP contribution is -2.04. The first-order valence-electron chi connectivity index (χ1n) is 7.36. The standard InChI is InChI=1S/C16H14ClF3NO4P/c1-2-9-5-11(7-14(24-8-26)15(9)21(22)23)25-13-4-3-10(6-12(13)17)16(18,19)20/h3-7H,2,8,26H2,1H3. The third-order valence-electron chi connectivity index (χ3n) is 3.42. The second-order valence-corrected chi connectivity index (χ2v) is 5.84. The largest absolute Gasteiger partial charge is 0.483 e. The number of benzene rings is 2. The van der Waals surface area contributed by atoms with E-state index in [9.17, 15) is 23.3 Å². The van der Waals surface area contributed by atoms with Crippen LogP contribution in [0.4, 0.5) is 18.9 Å². The van der Waals surface area contributed by atoms with Crippen molar-refractivity contribution in [3.8, 4) is 17.2 Å². The average molecular weight is 408 g/mol. The van der Waals surface area contributed by atoms with Crippen molar-refractivity contribution >= 4 is 26.5 Å². The molecule has 0 spiro atoms. The minimum atomic E-state index is -4.52. The van der Waals surface area contributed by atoms with Crippen molar-refractivity contribution in [2.24, 2.45) is 0 Å². The number of aryl methyl sites for hydroxylation is 1. The van der Waals surface area contributed by atoms with Crippen molar-refractivity contribution in [3.05, 3.63) is 56.6 Å². The van der Waals surface area contributed by atoms with E-state index < -0.39 is 16.7 Å². The maximum absolute atomic E-state index is 12.7. The molecule has 2 aromatic carbocycles. The molecule has 26 heavy (non-hydrogen) atoms. The molecule has 140 valence electrons. The van der Waals surface area contributed by atoms with Gasteiger partial charge in [-0.3, -0.25) is 10.1 Å². The first kappa shape index (κ1) is 20.3. The summed E-state index contributed by atoms with van der Waals surface area (Å²) in [5.41, 5.74) is -0.718. The Balaban J connectivity index is 2.44. The predicted molar refractivity (Wildman–Crippen MR) is 94.2 cm³/mol. The number of nitro groups is 1. The number of alkyl halides is 3. The lowest BCUT2D eigenvalue weighted by Gasteiger charge is -2.13. The van der Waals surface area contributed by atoms with Crippen molar-refractivity contribution in [3.63, 3.8) is 0 Å². The molecular weight excluding hydrogens is 394 g/mol. The highest BCUT2D eigenvalue weighted by Gasteiger charge is 2.31. The van der Waals surface area contributed by atoms with E-state index in [1.165, 1.54) is 12.1 Å². The molecule has 5 nitrogen and oxygen atoms in total. The van der Waals surface area contributed by atoms with Gasteiger partial charge in [0, 0.05) is 11.6 Å². The van der Waals surface area contributed by atoms with Crippen LogP contribution in [-0.2, 0) is 12.6 Å². The minimum absolute atomic E-state index is 0.00221. The van der Waals surface area contributed by atoms with E-state index in [1.54, 1.807) is 6.92 Å². The monoisotopic (exact) mass is 407 g/mol. The van der Waals surface area contributed by atoms with E-state index in [1.807, 2.05) is 0 Å². The fraction of sp³-hybridized carbons (Fsp3) is 0.250. The summed E-state index contributed by atoms with van der Waals surface area (Å²) in [6.45, 7) is 1.72. The van der Waals surface area contributed by atoms with Crippen LogP contribution in [0.25, 0.3) is 0 Å². The van der Waals surface area contributed by atoms with Crippen molar-refractivity contribution in [2.75, 3.05) is 6.35 Å². The van der Waals surface area contributed by atoms with Crippen LogP contribution in [0, 0.1) is 10.1 Å². The Bertz CT molecular complexity index is 830. The van der Waals surface area contributed by atoms with E-state index in [-0.39, 0.29) is 34.3 Å². The SMILES string of the molecule is CCc1cc(Oc2ccc(C(F)(F)F)cc2Cl)cc(OCP)c1[N+](=O)[O-]. The predicted octanol–water partition coefficient (Wildman–Crippen LogP) is 5.83. The molecule has 0 N–H and O–H groups in total. The highest BCUT2D eigenvalue weighted by Crippen LogP contribution is 2.40. The zero-order chi connectivity index (χ0) is 19.5. The van der Waals surface area contributed by atoms with Crippen molar-refractivity contribution in [2.45, 2.75) is 19.5 Å². The molecule has 0 aromatic heterocycles. The number of halogens is 4. The molecule has 0 saturated heterocycles. The van der Waals surface area contributed by atoms with Crippen LogP contribution < -0.4 is 9.47 Å². The number of hydrogen-bond donors (Lipinski definition) is 0. The van der Waals surface area contributed by atoms with Crippen molar-refractivity contribution < 1.29 is 27.6 Å². The van der Waals surface area contributed by atoms with E-state index >= 15 is 0 Å². The normalized spacial score (nSPS) is 11.3. The number of nitro benzene ring substituents is 1. The van der Waals surface area contributed by atoms with Crippen LogP contribution in [0.15, 0.2) is 30.3 Å². The van der Waals surface area contributed by atoms with E-state index in [4.69, 9.17) is 21.1 Å². The molecule has 0 aliphatic rings. The molecule has 10 heteroatoms. The second-order valence-electron chi connectivity index (χ2n) is 5.10. The first-order valence-corrected chi connectivity index (χ1v) is 8.55. The fourth-order valence-corrected chi connectivity index (χ4v) is 2.66. The highest BCUT2D eigenvalue weighted by molar-refractivity contribution is 7.16. The van der Waals surface area contributed by atoms with Gasteiger partial charge in [0.05, 0.1) is 15.5 Å². The van der Waals surface area contributed by atoms with Crippen LogP contribution in [0.3, 0.4) is 0 Å².